The number of rotatable bonds is 18. The summed E-state index contributed by atoms with van der Waals surface area (Å²) in [7, 11) is 0. The molecule has 2 spiro atoms. The van der Waals surface area contributed by atoms with Crippen LogP contribution in [0.4, 0.5) is 0 Å². The first-order chi connectivity index (χ1) is 21.6. The summed E-state index contributed by atoms with van der Waals surface area (Å²) in [6, 6.07) is 0. The van der Waals surface area contributed by atoms with Gasteiger partial charge in [-0.2, -0.15) is 0 Å². The summed E-state index contributed by atoms with van der Waals surface area (Å²) in [5.41, 5.74) is 1.62. The Balaban J connectivity index is 0.892. The molecule has 0 saturated heterocycles. The Morgan fingerprint density at radius 2 is 0.636 bits per heavy atom. The van der Waals surface area contributed by atoms with E-state index in [1.165, 1.54) is 89.9 Å². The second kappa shape index (κ2) is 18.5. The monoisotopic (exact) mass is 609 g/mol. The van der Waals surface area contributed by atoms with Crippen LogP contribution < -0.4 is 0 Å². The van der Waals surface area contributed by atoms with Gasteiger partial charge in [0.1, 0.15) is 0 Å². The molecule has 44 heavy (non-hydrogen) atoms. The van der Waals surface area contributed by atoms with Crippen molar-refractivity contribution in [3.05, 3.63) is 0 Å². The minimum absolute atomic E-state index is 0.811. The molecule has 0 unspecified atom stereocenters. The van der Waals surface area contributed by atoms with Crippen molar-refractivity contribution in [2.24, 2.45) is 46.3 Å². The molecule has 0 nitrogen and oxygen atoms in total. The third kappa shape index (κ3) is 10.5. The Bertz CT molecular complexity index is 660. The van der Waals surface area contributed by atoms with Gasteiger partial charge < -0.3 is 0 Å². The molecule has 0 radical (unpaired) electrons. The van der Waals surface area contributed by atoms with Crippen LogP contribution in [0, 0.1) is 46.3 Å². The molecule has 0 N–H and O–H groups in total. The van der Waals surface area contributed by atoms with Crippen LogP contribution in [0.15, 0.2) is 0 Å². The van der Waals surface area contributed by atoms with Gasteiger partial charge in [-0.1, -0.05) is 142 Å². The van der Waals surface area contributed by atoms with Gasteiger partial charge in [-0.05, 0) is 136 Å². The van der Waals surface area contributed by atoms with Gasteiger partial charge in [-0.25, -0.2) is 0 Å². The van der Waals surface area contributed by atoms with Crippen molar-refractivity contribution in [1.82, 2.24) is 0 Å². The Morgan fingerprint density at radius 1 is 0.341 bits per heavy atom. The Kier molecular flexibility index (Phi) is 14.9. The van der Waals surface area contributed by atoms with Crippen molar-refractivity contribution in [2.45, 2.75) is 232 Å². The van der Waals surface area contributed by atoms with E-state index in [-0.39, 0.29) is 0 Å². The van der Waals surface area contributed by atoms with Crippen LogP contribution in [0.1, 0.15) is 232 Å². The summed E-state index contributed by atoms with van der Waals surface area (Å²) >= 11 is 0. The van der Waals surface area contributed by atoms with E-state index in [4.69, 9.17) is 0 Å². The second-order valence-corrected chi connectivity index (χ2v) is 18.4. The first kappa shape index (κ1) is 35.3. The summed E-state index contributed by atoms with van der Waals surface area (Å²) in [6.45, 7) is 4.66. The molecule has 0 heteroatoms. The third-order valence-corrected chi connectivity index (χ3v) is 15.2. The van der Waals surface area contributed by atoms with Crippen LogP contribution in [0.25, 0.3) is 0 Å². The first-order valence-corrected chi connectivity index (χ1v) is 21.6. The van der Waals surface area contributed by atoms with E-state index in [9.17, 15) is 0 Å². The molecule has 5 aliphatic carbocycles. The highest BCUT2D eigenvalue weighted by molar-refractivity contribution is 5.07. The maximum atomic E-state index is 2.33. The van der Waals surface area contributed by atoms with E-state index < -0.39 is 0 Å². The second-order valence-electron chi connectivity index (χ2n) is 18.4. The van der Waals surface area contributed by atoms with E-state index in [0.717, 1.165) is 46.3 Å². The molecule has 0 aromatic rings. The van der Waals surface area contributed by atoms with Gasteiger partial charge in [0, 0.05) is 0 Å². The number of unbranched alkanes of at least 4 members (excludes halogenated alkanes) is 12. The minimum atomic E-state index is 0.811. The maximum absolute atomic E-state index is 2.33. The van der Waals surface area contributed by atoms with Crippen LogP contribution in [0.3, 0.4) is 0 Å². The van der Waals surface area contributed by atoms with Crippen LogP contribution in [0.2, 0.25) is 0 Å². The molecule has 0 aliphatic heterocycles. The van der Waals surface area contributed by atoms with Gasteiger partial charge in [-0.15, -0.1) is 0 Å². The molecule has 0 aromatic carbocycles. The van der Waals surface area contributed by atoms with Crippen molar-refractivity contribution in [3.8, 4) is 0 Å². The average Bonchev–Trinajstić information content (AvgIpc) is 3.05. The lowest BCUT2D eigenvalue weighted by atomic mass is 9.43. The van der Waals surface area contributed by atoms with Gasteiger partial charge in [0.25, 0.3) is 0 Å². The molecule has 5 saturated carbocycles. The lowest BCUT2D eigenvalue weighted by Crippen LogP contribution is -2.50. The maximum Gasteiger partial charge on any atom is -0.0287 e. The summed E-state index contributed by atoms with van der Waals surface area (Å²) < 4.78 is 0. The average molecular weight is 609 g/mol. The van der Waals surface area contributed by atoms with Gasteiger partial charge in [0.2, 0.25) is 0 Å². The zero-order valence-electron chi connectivity index (χ0n) is 30.5. The normalized spacial score (nSPS) is 37.8. The molecule has 256 valence electrons. The van der Waals surface area contributed by atoms with E-state index in [1.54, 1.807) is 128 Å². The summed E-state index contributed by atoms with van der Waals surface area (Å²) in [5.74, 6) is 6.59. The standard InChI is InChI=1S/C44H80/c1-3-5-7-9-11-13-15-17-37-19-23-39(24-20-37)41-27-31-43(32-28-41)35-44(36-43)33-29-42(30-34-44)40-25-21-38(22-26-40)18-16-14-12-10-8-6-4-2/h37-42H,3-36H2,1-2H3. The summed E-state index contributed by atoms with van der Waals surface area (Å²) in [6.07, 6.45) is 52.6. The highest BCUT2D eigenvalue weighted by Crippen LogP contribution is 2.67. The largest absolute Gasteiger partial charge is 0.0654 e. The lowest BCUT2D eigenvalue weighted by Gasteiger charge is -2.62. The van der Waals surface area contributed by atoms with Gasteiger partial charge in [0.05, 0.1) is 0 Å². The van der Waals surface area contributed by atoms with Crippen molar-refractivity contribution in [3.63, 3.8) is 0 Å². The van der Waals surface area contributed by atoms with E-state index in [0.29, 0.717) is 0 Å². The van der Waals surface area contributed by atoms with Crippen molar-refractivity contribution < 1.29 is 0 Å². The SMILES string of the molecule is CCCCCCCCCC1CCC(C2CCC3(CC2)CC2(CCC(C4CCC(CCCCCCCCC)CC4)CC2)C3)CC1. The van der Waals surface area contributed by atoms with Crippen molar-refractivity contribution >= 4 is 0 Å². The molecule has 0 aromatic heterocycles. The molecule has 0 bridgehead atoms. The molecular formula is C44H80. The number of hydrogen-bond acceptors (Lipinski definition) is 0. The Hall–Kier alpha value is 0. The van der Waals surface area contributed by atoms with Crippen LogP contribution in [-0.2, 0) is 0 Å². The first-order valence-electron chi connectivity index (χ1n) is 21.6. The molecule has 5 aliphatic rings. The smallest absolute Gasteiger partial charge is 0.0287 e. The van der Waals surface area contributed by atoms with E-state index in [1.807, 2.05) is 0 Å². The minimum Gasteiger partial charge on any atom is -0.0654 e. The van der Waals surface area contributed by atoms with Crippen LogP contribution >= 0.6 is 0 Å². The van der Waals surface area contributed by atoms with Crippen LogP contribution in [0.5, 0.6) is 0 Å². The predicted molar refractivity (Wildman–Crippen MR) is 194 cm³/mol. The lowest BCUT2D eigenvalue weighted by molar-refractivity contribution is -0.109. The van der Waals surface area contributed by atoms with Crippen molar-refractivity contribution in [1.29, 1.82) is 0 Å². The molecule has 0 heterocycles. The summed E-state index contributed by atoms with van der Waals surface area (Å²) in [4.78, 5) is 0. The third-order valence-electron chi connectivity index (χ3n) is 15.2. The van der Waals surface area contributed by atoms with Crippen LogP contribution in [-0.4, -0.2) is 0 Å². The summed E-state index contributed by atoms with van der Waals surface area (Å²) in [5, 5.41) is 0. The van der Waals surface area contributed by atoms with E-state index in [2.05, 4.69) is 13.8 Å². The molecule has 5 rings (SSSR count). The topological polar surface area (TPSA) is 0 Å². The molecule has 5 fully saturated rings. The Morgan fingerprint density at radius 3 is 0.977 bits per heavy atom. The van der Waals surface area contributed by atoms with E-state index >= 15 is 0 Å². The Labute approximate surface area is 277 Å². The highest BCUT2D eigenvalue weighted by atomic mass is 14.6. The number of hydrogen-bond donors (Lipinski definition) is 0. The van der Waals surface area contributed by atoms with Gasteiger partial charge >= 0.3 is 0 Å². The fourth-order valence-corrected chi connectivity index (χ4v) is 12.4. The fraction of sp³-hybridized carbons (Fsp3) is 1.00. The molecule has 0 amide bonds. The quantitative estimate of drug-likeness (QED) is 0.136. The zero-order valence-corrected chi connectivity index (χ0v) is 30.5. The molecular weight excluding hydrogens is 528 g/mol. The van der Waals surface area contributed by atoms with Crippen molar-refractivity contribution in [2.75, 3.05) is 0 Å². The van der Waals surface area contributed by atoms with Gasteiger partial charge in [0.15, 0.2) is 0 Å². The predicted octanol–water partition coefficient (Wildman–Crippen LogP) is 15.0. The van der Waals surface area contributed by atoms with Gasteiger partial charge in [-0.3, -0.25) is 0 Å². The fourth-order valence-electron chi connectivity index (χ4n) is 12.4. The zero-order chi connectivity index (χ0) is 30.5. The highest BCUT2D eigenvalue weighted by Gasteiger charge is 2.56. The molecule has 0 atom stereocenters.